The van der Waals surface area contributed by atoms with Gasteiger partial charge in [0.25, 0.3) is 0 Å². The number of furan rings is 1. The third-order valence-corrected chi connectivity index (χ3v) is 4.31. The molecule has 0 aliphatic heterocycles. The smallest absolute Gasteiger partial charge is 0.242 e. The molecule has 0 aromatic carbocycles. The molecule has 3 rings (SSSR count). The highest BCUT2D eigenvalue weighted by atomic mass is 16.3. The van der Waals surface area contributed by atoms with Crippen LogP contribution in [0.25, 0.3) is 0 Å². The Labute approximate surface area is 140 Å². The summed E-state index contributed by atoms with van der Waals surface area (Å²) in [5, 5.41) is 7.15. The molecule has 1 aliphatic carbocycles. The van der Waals surface area contributed by atoms with Crippen molar-refractivity contribution in [1.29, 1.82) is 0 Å². The highest BCUT2D eigenvalue weighted by Crippen LogP contribution is 2.26. The molecule has 0 saturated heterocycles. The summed E-state index contributed by atoms with van der Waals surface area (Å²) in [5.74, 6) is 0.331. The molecule has 2 amide bonds. The minimum absolute atomic E-state index is 0.0228. The zero-order valence-corrected chi connectivity index (χ0v) is 14.0. The molecule has 0 radical (unpaired) electrons. The maximum atomic E-state index is 12.5. The van der Waals surface area contributed by atoms with Crippen molar-refractivity contribution in [3.8, 4) is 0 Å². The van der Waals surface area contributed by atoms with Gasteiger partial charge in [0.2, 0.25) is 11.8 Å². The van der Waals surface area contributed by atoms with Crippen LogP contribution >= 0.6 is 0 Å². The van der Waals surface area contributed by atoms with Crippen LogP contribution in [-0.4, -0.2) is 33.0 Å². The van der Waals surface area contributed by atoms with Gasteiger partial charge in [0.1, 0.15) is 5.76 Å². The van der Waals surface area contributed by atoms with Crippen molar-refractivity contribution in [3.63, 3.8) is 0 Å². The first kappa shape index (κ1) is 16.3. The van der Waals surface area contributed by atoms with Gasteiger partial charge in [-0.1, -0.05) is 0 Å². The lowest BCUT2D eigenvalue weighted by molar-refractivity contribution is -0.133. The van der Waals surface area contributed by atoms with Gasteiger partial charge in [-0.15, -0.1) is 0 Å². The summed E-state index contributed by atoms with van der Waals surface area (Å²) in [6, 6.07) is 3.63. The molecule has 0 fully saturated rings. The second-order valence-electron chi connectivity index (χ2n) is 6.09. The van der Waals surface area contributed by atoms with Crippen molar-refractivity contribution in [2.24, 2.45) is 7.05 Å². The molecule has 1 aliphatic rings. The van der Waals surface area contributed by atoms with E-state index in [2.05, 4.69) is 10.4 Å². The van der Waals surface area contributed by atoms with Gasteiger partial charge in [-0.05, 0) is 37.0 Å². The molecule has 7 nitrogen and oxygen atoms in total. The van der Waals surface area contributed by atoms with Crippen LogP contribution in [0.3, 0.4) is 0 Å². The number of rotatable bonds is 6. The van der Waals surface area contributed by atoms with Crippen LogP contribution < -0.4 is 5.32 Å². The number of hydrogen-bond acceptors (Lipinski definition) is 4. The first-order valence-electron chi connectivity index (χ1n) is 8.13. The van der Waals surface area contributed by atoms with Gasteiger partial charge >= 0.3 is 0 Å². The molecule has 0 unspecified atom stereocenters. The Morgan fingerprint density at radius 1 is 1.38 bits per heavy atom. The van der Waals surface area contributed by atoms with Crippen LogP contribution in [0.15, 0.2) is 22.8 Å². The third kappa shape index (κ3) is 3.50. The standard InChI is InChI=1S/C17H22N4O3/c1-12(22)18-9-17(23)21(10-13-5-4-8-24-13)11-15-14-6-3-7-16(14)20(2)19-15/h4-5,8H,3,6-7,9-11H2,1-2H3,(H,18,22). The van der Waals surface area contributed by atoms with Crippen LogP contribution in [0.4, 0.5) is 0 Å². The van der Waals surface area contributed by atoms with Crippen molar-refractivity contribution in [1.82, 2.24) is 20.0 Å². The van der Waals surface area contributed by atoms with E-state index in [0.717, 1.165) is 25.0 Å². The van der Waals surface area contributed by atoms with Gasteiger partial charge in [-0.25, -0.2) is 0 Å². The Morgan fingerprint density at radius 2 is 2.21 bits per heavy atom. The molecule has 0 saturated carbocycles. The molecule has 0 bridgehead atoms. The lowest BCUT2D eigenvalue weighted by Crippen LogP contribution is -2.39. The Morgan fingerprint density at radius 3 is 2.92 bits per heavy atom. The van der Waals surface area contributed by atoms with E-state index in [9.17, 15) is 9.59 Å². The average molecular weight is 330 g/mol. The number of fused-ring (bicyclic) bond motifs is 1. The molecule has 2 heterocycles. The zero-order chi connectivity index (χ0) is 17.1. The Kier molecular flexibility index (Phi) is 4.69. The molecule has 2 aromatic heterocycles. The quantitative estimate of drug-likeness (QED) is 0.862. The first-order valence-corrected chi connectivity index (χ1v) is 8.13. The fourth-order valence-corrected chi connectivity index (χ4v) is 3.14. The Hall–Kier alpha value is -2.57. The van der Waals surface area contributed by atoms with E-state index in [4.69, 9.17) is 4.42 Å². The summed E-state index contributed by atoms with van der Waals surface area (Å²) in [6.07, 6.45) is 4.76. The molecule has 2 aromatic rings. The SMILES string of the molecule is CC(=O)NCC(=O)N(Cc1ccco1)Cc1nn(C)c2c1CCC2. The average Bonchev–Trinajstić information content (AvgIpc) is 3.25. The molecular weight excluding hydrogens is 308 g/mol. The number of carbonyl (C=O) groups excluding carboxylic acids is 2. The van der Waals surface area contributed by atoms with Gasteiger partial charge < -0.3 is 14.6 Å². The first-order chi connectivity index (χ1) is 11.5. The van der Waals surface area contributed by atoms with Crippen molar-refractivity contribution in [3.05, 3.63) is 41.1 Å². The maximum absolute atomic E-state index is 12.5. The lowest BCUT2D eigenvalue weighted by Gasteiger charge is -2.21. The van der Waals surface area contributed by atoms with Crippen LogP contribution in [-0.2, 0) is 42.6 Å². The van der Waals surface area contributed by atoms with E-state index in [0.29, 0.717) is 18.8 Å². The maximum Gasteiger partial charge on any atom is 0.242 e. The molecule has 0 spiro atoms. The zero-order valence-electron chi connectivity index (χ0n) is 14.0. The van der Waals surface area contributed by atoms with Crippen molar-refractivity contribution in [2.75, 3.05) is 6.54 Å². The molecule has 128 valence electrons. The van der Waals surface area contributed by atoms with E-state index in [1.807, 2.05) is 17.8 Å². The summed E-state index contributed by atoms with van der Waals surface area (Å²) in [6.45, 7) is 2.15. The van der Waals surface area contributed by atoms with Gasteiger partial charge in [-0.3, -0.25) is 14.3 Å². The molecule has 0 atom stereocenters. The van der Waals surface area contributed by atoms with Gasteiger partial charge in [0.15, 0.2) is 0 Å². The highest BCUT2D eigenvalue weighted by molar-refractivity contribution is 5.83. The summed E-state index contributed by atoms with van der Waals surface area (Å²) in [7, 11) is 1.95. The number of nitrogens with zero attached hydrogens (tertiary/aromatic N) is 3. The van der Waals surface area contributed by atoms with E-state index < -0.39 is 0 Å². The number of nitrogens with one attached hydrogen (secondary N) is 1. The number of aryl methyl sites for hydroxylation is 1. The van der Waals surface area contributed by atoms with Crippen molar-refractivity contribution >= 4 is 11.8 Å². The van der Waals surface area contributed by atoms with Crippen LogP contribution in [0.1, 0.15) is 36.1 Å². The van der Waals surface area contributed by atoms with E-state index in [1.54, 1.807) is 17.2 Å². The van der Waals surface area contributed by atoms with E-state index in [1.165, 1.54) is 18.2 Å². The molecular formula is C17H22N4O3. The van der Waals surface area contributed by atoms with E-state index in [-0.39, 0.29) is 18.4 Å². The predicted molar refractivity (Wildman–Crippen MR) is 86.9 cm³/mol. The van der Waals surface area contributed by atoms with Crippen molar-refractivity contribution < 1.29 is 14.0 Å². The summed E-state index contributed by atoms with van der Waals surface area (Å²) in [4.78, 5) is 25.3. The second-order valence-corrected chi connectivity index (χ2v) is 6.09. The normalized spacial score (nSPS) is 12.9. The van der Waals surface area contributed by atoms with Crippen LogP contribution in [0, 0.1) is 0 Å². The number of carbonyl (C=O) groups is 2. The predicted octanol–water partition coefficient (Wildman–Crippen LogP) is 1.17. The topological polar surface area (TPSA) is 80.4 Å². The highest BCUT2D eigenvalue weighted by Gasteiger charge is 2.24. The monoisotopic (exact) mass is 330 g/mol. The number of hydrogen-bond donors (Lipinski definition) is 1. The largest absolute Gasteiger partial charge is 0.467 e. The molecule has 1 N–H and O–H groups in total. The van der Waals surface area contributed by atoms with Gasteiger partial charge in [0.05, 0.1) is 31.6 Å². The minimum atomic E-state index is -0.222. The third-order valence-electron chi connectivity index (χ3n) is 4.31. The molecule has 24 heavy (non-hydrogen) atoms. The summed E-state index contributed by atoms with van der Waals surface area (Å²) in [5.41, 5.74) is 3.46. The molecule has 7 heteroatoms. The van der Waals surface area contributed by atoms with E-state index >= 15 is 0 Å². The van der Waals surface area contributed by atoms with Gasteiger partial charge in [0, 0.05) is 19.7 Å². The number of aromatic nitrogens is 2. The summed E-state index contributed by atoms with van der Waals surface area (Å²) < 4.78 is 7.29. The van der Waals surface area contributed by atoms with Crippen LogP contribution in [0.5, 0.6) is 0 Å². The second kappa shape index (κ2) is 6.90. The fraction of sp³-hybridized carbons (Fsp3) is 0.471. The number of amides is 2. The van der Waals surface area contributed by atoms with Gasteiger partial charge in [-0.2, -0.15) is 5.10 Å². The Balaban J connectivity index is 1.77. The lowest BCUT2D eigenvalue weighted by atomic mass is 10.2. The fourth-order valence-electron chi connectivity index (χ4n) is 3.14. The van der Waals surface area contributed by atoms with Crippen LogP contribution in [0.2, 0.25) is 0 Å². The Bertz CT molecular complexity index is 733. The summed E-state index contributed by atoms with van der Waals surface area (Å²) >= 11 is 0. The van der Waals surface area contributed by atoms with Crippen molar-refractivity contribution in [2.45, 2.75) is 39.3 Å². The minimum Gasteiger partial charge on any atom is -0.467 e.